The first-order valence-electron chi connectivity index (χ1n) is 8.09. The molecule has 3 aromatic rings. The maximum atomic E-state index is 14.1. The fourth-order valence-electron chi connectivity index (χ4n) is 3.04. The van der Waals surface area contributed by atoms with E-state index in [4.69, 9.17) is 4.74 Å². The summed E-state index contributed by atoms with van der Waals surface area (Å²) in [5.41, 5.74) is 1.94. The predicted molar refractivity (Wildman–Crippen MR) is 97.5 cm³/mol. The van der Waals surface area contributed by atoms with Crippen LogP contribution >= 0.6 is 0 Å². The summed E-state index contributed by atoms with van der Waals surface area (Å²) in [6.07, 6.45) is 0. The lowest BCUT2D eigenvalue weighted by molar-refractivity contribution is 0.476. The van der Waals surface area contributed by atoms with Crippen LogP contribution in [0.3, 0.4) is 0 Å². The van der Waals surface area contributed by atoms with Gasteiger partial charge in [-0.3, -0.25) is 4.31 Å². The Morgan fingerprint density at radius 2 is 1.77 bits per heavy atom. The molecule has 0 aromatic heterocycles. The Kier molecular flexibility index (Phi) is 3.92. The Labute approximate surface area is 151 Å². The van der Waals surface area contributed by atoms with Crippen LogP contribution in [0.4, 0.5) is 10.1 Å². The minimum absolute atomic E-state index is 0.172. The number of fused-ring (bicyclic) bond motifs is 1. The molecule has 1 heterocycles. The molecule has 0 saturated heterocycles. The van der Waals surface area contributed by atoms with Gasteiger partial charge in [0.05, 0.1) is 17.1 Å². The van der Waals surface area contributed by atoms with Gasteiger partial charge in [-0.25, -0.2) is 12.8 Å². The van der Waals surface area contributed by atoms with Crippen LogP contribution in [0.1, 0.15) is 11.1 Å². The second-order valence-electron chi connectivity index (χ2n) is 6.18. The minimum Gasteiger partial charge on any atom is -0.457 e. The van der Waals surface area contributed by atoms with Gasteiger partial charge in [-0.1, -0.05) is 30.3 Å². The lowest BCUT2D eigenvalue weighted by Crippen LogP contribution is -2.23. The van der Waals surface area contributed by atoms with Crippen LogP contribution in [0.15, 0.2) is 71.6 Å². The van der Waals surface area contributed by atoms with Crippen LogP contribution < -0.4 is 9.04 Å². The number of benzene rings is 3. The fraction of sp³-hybridized carbons (Fsp3) is 0.100. The van der Waals surface area contributed by atoms with Crippen molar-refractivity contribution in [1.29, 1.82) is 0 Å². The minimum atomic E-state index is -3.70. The number of anilines is 1. The smallest absolute Gasteiger partial charge is 0.264 e. The largest absolute Gasteiger partial charge is 0.457 e. The zero-order valence-corrected chi connectivity index (χ0v) is 14.8. The average molecular weight is 369 g/mol. The van der Waals surface area contributed by atoms with Gasteiger partial charge >= 0.3 is 0 Å². The molecule has 0 spiro atoms. The third-order valence-corrected chi connectivity index (χ3v) is 6.10. The molecule has 0 bridgehead atoms. The van der Waals surface area contributed by atoms with Crippen LogP contribution in [-0.4, -0.2) is 8.42 Å². The lowest BCUT2D eigenvalue weighted by atomic mass is 10.2. The first kappa shape index (κ1) is 16.6. The highest BCUT2D eigenvalue weighted by Crippen LogP contribution is 2.37. The quantitative estimate of drug-likeness (QED) is 0.676. The SMILES string of the molecule is Cc1cccc(Oc2cc(F)cc(N3Cc4ccccc4S3(=O)=O)c2)c1. The Balaban J connectivity index is 1.72. The molecule has 132 valence electrons. The van der Waals surface area contributed by atoms with Gasteiger partial charge in [-0.15, -0.1) is 0 Å². The lowest BCUT2D eigenvalue weighted by Gasteiger charge is -2.18. The molecule has 0 N–H and O–H groups in total. The summed E-state index contributed by atoms with van der Waals surface area (Å²) < 4.78 is 46.6. The summed E-state index contributed by atoms with van der Waals surface area (Å²) in [4.78, 5) is 0.255. The first-order valence-corrected chi connectivity index (χ1v) is 9.53. The van der Waals surface area contributed by atoms with Crippen molar-refractivity contribution in [1.82, 2.24) is 0 Å². The number of aryl methyl sites for hydroxylation is 1. The molecular weight excluding hydrogens is 353 g/mol. The maximum Gasteiger partial charge on any atom is 0.264 e. The third-order valence-electron chi connectivity index (χ3n) is 4.22. The van der Waals surface area contributed by atoms with Gasteiger partial charge in [0.1, 0.15) is 17.3 Å². The Morgan fingerprint density at radius 1 is 0.962 bits per heavy atom. The molecule has 0 atom stereocenters. The predicted octanol–water partition coefficient (Wildman–Crippen LogP) is 4.64. The number of sulfonamides is 1. The monoisotopic (exact) mass is 369 g/mol. The molecule has 0 radical (unpaired) electrons. The van der Waals surface area contributed by atoms with Crippen molar-refractivity contribution in [2.24, 2.45) is 0 Å². The van der Waals surface area contributed by atoms with E-state index in [1.54, 1.807) is 30.3 Å². The second kappa shape index (κ2) is 6.14. The Bertz CT molecular complexity index is 1100. The van der Waals surface area contributed by atoms with E-state index < -0.39 is 15.8 Å². The van der Waals surface area contributed by atoms with E-state index in [1.807, 2.05) is 25.1 Å². The van der Waals surface area contributed by atoms with Crippen molar-refractivity contribution < 1.29 is 17.5 Å². The van der Waals surface area contributed by atoms with Crippen LogP contribution in [0, 0.1) is 12.7 Å². The molecule has 0 saturated carbocycles. The zero-order chi connectivity index (χ0) is 18.3. The number of hydrogen-bond acceptors (Lipinski definition) is 3. The molecule has 3 aromatic carbocycles. The number of hydrogen-bond donors (Lipinski definition) is 0. The molecule has 4 nitrogen and oxygen atoms in total. The van der Waals surface area contributed by atoms with Gasteiger partial charge in [-0.05, 0) is 42.3 Å². The van der Waals surface area contributed by atoms with Gasteiger partial charge in [0.25, 0.3) is 10.0 Å². The summed E-state index contributed by atoms with van der Waals surface area (Å²) in [5.74, 6) is 0.252. The summed E-state index contributed by atoms with van der Waals surface area (Å²) >= 11 is 0. The van der Waals surface area contributed by atoms with Crippen molar-refractivity contribution in [2.45, 2.75) is 18.4 Å². The van der Waals surface area contributed by atoms with Crippen LogP contribution in [0.2, 0.25) is 0 Å². The van der Waals surface area contributed by atoms with Crippen molar-refractivity contribution in [3.05, 3.63) is 83.7 Å². The van der Waals surface area contributed by atoms with E-state index in [0.29, 0.717) is 11.3 Å². The molecule has 1 aliphatic heterocycles. The van der Waals surface area contributed by atoms with E-state index in [1.165, 1.54) is 22.5 Å². The standard InChI is InChI=1S/C20H16FNO3S/c1-14-5-4-7-18(9-14)25-19-11-16(21)10-17(12-19)22-13-15-6-2-3-8-20(15)26(22,23)24/h2-12H,13H2,1H3. The van der Waals surface area contributed by atoms with Gasteiger partial charge in [0.15, 0.2) is 0 Å². The zero-order valence-electron chi connectivity index (χ0n) is 14.0. The summed E-state index contributed by atoms with van der Waals surface area (Å²) in [7, 11) is -3.70. The molecule has 0 aliphatic carbocycles. The molecule has 4 rings (SSSR count). The van der Waals surface area contributed by atoms with Gasteiger partial charge in [0.2, 0.25) is 0 Å². The van der Waals surface area contributed by atoms with Crippen LogP contribution in [0.5, 0.6) is 11.5 Å². The molecule has 6 heteroatoms. The highest BCUT2D eigenvalue weighted by Gasteiger charge is 2.34. The summed E-state index contributed by atoms with van der Waals surface area (Å²) in [5, 5.41) is 0. The topological polar surface area (TPSA) is 46.6 Å². The fourth-order valence-corrected chi connectivity index (χ4v) is 4.68. The van der Waals surface area contributed by atoms with Crippen molar-refractivity contribution in [2.75, 3.05) is 4.31 Å². The molecule has 0 unspecified atom stereocenters. The number of rotatable bonds is 3. The number of halogens is 1. The van der Waals surface area contributed by atoms with Crippen LogP contribution in [0.25, 0.3) is 0 Å². The second-order valence-corrected chi connectivity index (χ2v) is 8.01. The van der Waals surface area contributed by atoms with E-state index in [0.717, 1.165) is 5.56 Å². The molecule has 0 fully saturated rings. The van der Waals surface area contributed by atoms with Crippen LogP contribution in [-0.2, 0) is 16.6 Å². The Hall–Kier alpha value is -2.86. The molecule has 0 amide bonds. The van der Waals surface area contributed by atoms with Gasteiger partial charge in [-0.2, -0.15) is 0 Å². The third kappa shape index (κ3) is 2.93. The molecule has 26 heavy (non-hydrogen) atoms. The van der Waals surface area contributed by atoms with E-state index >= 15 is 0 Å². The highest BCUT2D eigenvalue weighted by atomic mass is 32.2. The average Bonchev–Trinajstić information content (AvgIpc) is 2.86. The van der Waals surface area contributed by atoms with Gasteiger partial charge in [0, 0.05) is 12.1 Å². The highest BCUT2D eigenvalue weighted by molar-refractivity contribution is 7.93. The maximum absolute atomic E-state index is 14.1. The number of nitrogens with zero attached hydrogens (tertiary/aromatic N) is 1. The molecular formula is C20H16FNO3S. The summed E-state index contributed by atoms with van der Waals surface area (Å²) in [6.45, 7) is 2.10. The summed E-state index contributed by atoms with van der Waals surface area (Å²) in [6, 6.07) is 18.1. The van der Waals surface area contributed by atoms with E-state index in [-0.39, 0.29) is 22.9 Å². The van der Waals surface area contributed by atoms with Crippen molar-refractivity contribution in [3.63, 3.8) is 0 Å². The van der Waals surface area contributed by atoms with E-state index in [2.05, 4.69) is 0 Å². The normalized spacial score (nSPS) is 14.9. The van der Waals surface area contributed by atoms with Crippen molar-refractivity contribution in [3.8, 4) is 11.5 Å². The van der Waals surface area contributed by atoms with E-state index in [9.17, 15) is 12.8 Å². The molecule has 1 aliphatic rings. The first-order chi connectivity index (χ1) is 12.4. The van der Waals surface area contributed by atoms with Gasteiger partial charge < -0.3 is 4.74 Å². The number of ether oxygens (including phenoxy) is 1. The Morgan fingerprint density at radius 3 is 2.54 bits per heavy atom. The van der Waals surface area contributed by atoms with Crippen molar-refractivity contribution >= 4 is 15.7 Å².